The zero-order valence-corrected chi connectivity index (χ0v) is 15.4. The van der Waals surface area contributed by atoms with E-state index in [2.05, 4.69) is 25.9 Å². The molecule has 0 unspecified atom stereocenters. The van der Waals surface area contributed by atoms with Crippen LogP contribution in [0.25, 0.3) is 16.7 Å². The predicted molar refractivity (Wildman–Crippen MR) is 102 cm³/mol. The van der Waals surface area contributed by atoms with E-state index in [1.54, 1.807) is 43.3 Å². The minimum atomic E-state index is -0.477. The van der Waals surface area contributed by atoms with Crippen molar-refractivity contribution >= 4 is 16.7 Å². The highest BCUT2D eigenvalue weighted by Gasteiger charge is 2.16. The van der Waals surface area contributed by atoms with Gasteiger partial charge < -0.3 is 9.73 Å². The normalized spacial score (nSPS) is 12.2. The number of hydrogen-bond acceptors (Lipinski definition) is 7. The predicted octanol–water partition coefficient (Wildman–Crippen LogP) is 0.00590. The number of carbonyl (C=O) groups is 1. The number of fused-ring (bicyclic) bond motifs is 1. The number of tetrazole rings is 1. The Kier molecular flexibility index (Phi) is 4.77. The van der Waals surface area contributed by atoms with Crippen LogP contribution in [0.5, 0.6) is 0 Å². The molecule has 1 atom stereocenters. The van der Waals surface area contributed by atoms with Crippen LogP contribution in [0.4, 0.5) is 0 Å². The van der Waals surface area contributed by atoms with Gasteiger partial charge in [-0.3, -0.25) is 9.59 Å². The summed E-state index contributed by atoms with van der Waals surface area (Å²) in [6.45, 7) is 1.87. The van der Waals surface area contributed by atoms with E-state index in [1.165, 1.54) is 6.26 Å². The fourth-order valence-corrected chi connectivity index (χ4v) is 3.01. The maximum absolute atomic E-state index is 12.4. The minimum Gasteiger partial charge on any atom is -0.446 e. The molecule has 0 fully saturated rings. The summed E-state index contributed by atoms with van der Waals surface area (Å²) < 4.78 is 7.31. The smallest absolute Gasteiger partial charge is 0.371 e. The van der Waals surface area contributed by atoms with Gasteiger partial charge in [0.05, 0.1) is 30.3 Å². The van der Waals surface area contributed by atoms with Gasteiger partial charge in [-0.25, -0.2) is 9.89 Å². The summed E-state index contributed by atoms with van der Waals surface area (Å²) in [5.41, 5.74) is -0.322. The third-order valence-corrected chi connectivity index (χ3v) is 4.31. The third kappa shape index (κ3) is 3.70. The Morgan fingerprint density at radius 3 is 2.72 bits per heavy atom. The molecular formula is C18H17N7O4. The molecule has 11 nitrogen and oxygen atoms in total. The molecule has 0 spiro atoms. The molecule has 4 aromatic rings. The first-order chi connectivity index (χ1) is 14.0. The average Bonchev–Trinajstić information content (AvgIpc) is 3.35. The summed E-state index contributed by atoms with van der Waals surface area (Å²) in [6.07, 6.45) is 1.41. The second-order valence-corrected chi connectivity index (χ2v) is 6.50. The van der Waals surface area contributed by atoms with Crippen molar-refractivity contribution < 1.29 is 9.21 Å². The molecular weight excluding hydrogens is 378 g/mol. The molecule has 29 heavy (non-hydrogen) atoms. The Morgan fingerprint density at radius 1 is 1.17 bits per heavy atom. The van der Waals surface area contributed by atoms with Crippen LogP contribution in [-0.4, -0.2) is 41.9 Å². The molecule has 0 aliphatic carbocycles. The number of nitrogens with one attached hydrogen (secondary N) is 2. The van der Waals surface area contributed by atoms with Crippen molar-refractivity contribution in [2.45, 2.75) is 25.9 Å². The standard InChI is InChI=1S/C18H17N7O4/c1-11(10-24-18(28)25(23-22-24)16-7-4-8-29-16)19-15(26)9-14-12-5-2-3-6-13(12)17(27)21-20-14/h2-8,11H,9-10H2,1H3,(H,19,26)(H,21,27)/t11-/m0/s1. The van der Waals surface area contributed by atoms with E-state index in [0.29, 0.717) is 16.5 Å². The summed E-state index contributed by atoms with van der Waals surface area (Å²) in [5.74, 6) is -0.0392. The topological polar surface area (TPSA) is 141 Å². The molecule has 1 amide bonds. The Morgan fingerprint density at radius 2 is 1.97 bits per heavy atom. The van der Waals surface area contributed by atoms with Gasteiger partial charge in [0.25, 0.3) is 5.56 Å². The summed E-state index contributed by atoms with van der Waals surface area (Å²) >= 11 is 0. The summed E-state index contributed by atoms with van der Waals surface area (Å²) in [7, 11) is 0. The number of carbonyl (C=O) groups excluding carboxylic acids is 1. The monoisotopic (exact) mass is 395 g/mol. The zero-order chi connectivity index (χ0) is 20.4. The van der Waals surface area contributed by atoms with Crippen LogP contribution < -0.4 is 16.6 Å². The third-order valence-electron chi connectivity index (χ3n) is 4.31. The molecule has 0 radical (unpaired) electrons. The van der Waals surface area contributed by atoms with Gasteiger partial charge in [0, 0.05) is 17.5 Å². The highest BCUT2D eigenvalue weighted by Crippen LogP contribution is 2.12. The van der Waals surface area contributed by atoms with Crippen LogP contribution in [0.2, 0.25) is 0 Å². The van der Waals surface area contributed by atoms with Gasteiger partial charge >= 0.3 is 5.69 Å². The summed E-state index contributed by atoms with van der Waals surface area (Å²) in [4.78, 5) is 36.6. The molecule has 0 aliphatic rings. The molecule has 3 aromatic heterocycles. The maximum atomic E-state index is 12.4. The number of aromatic nitrogens is 6. The second-order valence-electron chi connectivity index (χ2n) is 6.50. The molecule has 1 aromatic carbocycles. The van der Waals surface area contributed by atoms with Crippen LogP contribution in [-0.2, 0) is 17.8 Å². The van der Waals surface area contributed by atoms with Gasteiger partial charge in [-0.1, -0.05) is 18.2 Å². The lowest BCUT2D eigenvalue weighted by Crippen LogP contribution is -2.39. The van der Waals surface area contributed by atoms with E-state index in [0.717, 1.165) is 9.36 Å². The van der Waals surface area contributed by atoms with Gasteiger partial charge in [0.2, 0.25) is 11.8 Å². The van der Waals surface area contributed by atoms with Crippen molar-refractivity contribution in [2.24, 2.45) is 0 Å². The first kappa shape index (κ1) is 18.3. The molecule has 2 N–H and O–H groups in total. The molecule has 0 saturated carbocycles. The van der Waals surface area contributed by atoms with Gasteiger partial charge in [0.15, 0.2) is 0 Å². The average molecular weight is 395 g/mol. The van der Waals surface area contributed by atoms with E-state index < -0.39 is 11.7 Å². The van der Waals surface area contributed by atoms with Crippen molar-refractivity contribution in [3.63, 3.8) is 0 Å². The van der Waals surface area contributed by atoms with Crippen LogP contribution in [0.3, 0.4) is 0 Å². The number of aromatic amines is 1. The van der Waals surface area contributed by atoms with E-state index in [1.807, 2.05) is 0 Å². The van der Waals surface area contributed by atoms with Crippen LogP contribution >= 0.6 is 0 Å². The molecule has 4 rings (SSSR count). The highest BCUT2D eigenvalue weighted by atomic mass is 16.3. The first-order valence-corrected chi connectivity index (χ1v) is 8.85. The Labute approximate surface area is 162 Å². The number of H-pyrrole nitrogens is 1. The van der Waals surface area contributed by atoms with Crippen molar-refractivity contribution in [2.75, 3.05) is 0 Å². The molecule has 11 heteroatoms. The zero-order valence-electron chi connectivity index (χ0n) is 15.4. The molecule has 0 bridgehead atoms. The van der Waals surface area contributed by atoms with Gasteiger partial charge in [-0.05, 0) is 29.5 Å². The Hall–Kier alpha value is -4.02. The number of nitrogens with zero attached hydrogens (tertiary/aromatic N) is 5. The molecule has 0 saturated heterocycles. The SMILES string of the molecule is C[C@@H](Cn1nnn(-c2ccco2)c1=O)NC(=O)Cc1n[nH]c(=O)c2ccccc12. The number of benzene rings is 1. The lowest BCUT2D eigenvalue weighted by molar-refractivity contribution is -0.121. The van der Waals surface area contributed by atoms with E-state index >= 15 is 0 Å². The highest BCUT2D eigenvalue weighted by molar-refractivity contribution is 5.88. The van der Waals surface area contributed by atoms with Gasteiger partial charge in [-0.2, -0.15) is 9.78 Å². The van der Waals surface area contributed by atoms with Crippen molar-refractivity contribution in [1.82, 2.24) is 35.3 Å². The van der Waals surface area contributed by atoms with Crippen molar-refractivity contribution in [3.05, 3.63) is 69.2 Å². The number of hydrogen-bond donors (Lipinski definition) is 2. The lowest BCUT2D eigenvalue weighted by atomic mass is 10.1. The molecule has 3 heterocycles. The Bertz CT molecular complexity index is 1270. The van der Waals surface area contributed by atoms with Crippen molar-refractivity contribution in [1.29, 1.82) is 0 Å². The van der Waals surface area contributed by atoms with E-state index in [9.17, 15) is 14.4 Å². The molecule has 148 valence electrons. The maximum Gasteiger partial charge on any atom is 0.371 e. The summed E-state index contributed by atoms with van der Waals surface area (Å²) in [5, 5.41) is 17.9. The van der Waals surface area contributed by atoms with Gasteiger partial charge in [0.1, 0.15) is 0 Å². The van der Waals surface area contributed by atoms with Crippen LogP contribution in [0.1, 0.15) is 12.6 Å². The van der Waals surface area contributed by atoms with Crippen LogP contribution in [0.15, 0.2) is 56.7 Å². The van der Waals surface area contributed by atoms with Crippen molar-refractivity contribution in [3.8, 4) is 5.88 Å². The number of rotatable bonds is 6. The fraction of sp³-hybridized carbons (Fsp3) is 0.222. The van der Waals surface area contributed by atoms with Crippen LogP contribution in [0, 0.1) is 0 Å². The Balaban J connectivity index is 1.44. The van der Waals surface area contributed by atoms with Gasteiger partial charge in [-0.15, -0.1) is 4.68 Å². The molecule has 0 aliphatic heterocycles. The first-order valence-electron chi connectivity index (χ1n) is 8.85. The minimum absolute atomic E-state index is 0.0182. The summed E-state index contributed by atoms with van der Waals surface area (Å²) in [6, 6.07) is 9.78. The fourth-order valence-electron chi connectivity index (χ4n) is 3.01. The number of amides is 1. The second kappa shape index (κ2) is 7.54. The van der Waals surface area contributed by atoms with E-state index in [4.69, 9.17) is 4.42 Å². The van der Waals surface area contributed by atoms with E-state index in [-0.39, 0.29) is 30.3 Å². The quantitative estimate of drug-likeness (QED) is 0.468. The number of furan rings is 1. The largest absolute Gasteiger partial charge is 0.446 e. The lowest BCUT2D eigenvalue weighted by Gasteiger charge is -2.13.